The number of aryl methyl sites for hydroxylation is 1. The fraction of sp³-hybridized carbons (Fsp3) is 0.611. The van der Waals surface area contributed by atoms with Crippen LogP contribution in [0.1, 0.15) is 44.7 Å². The van der Waals surface area contributed by atoms with Gasteiger partial charge in [-0.3, -0.25) is 9.88 Å². The van der Waals surface area contributed by atoms with E-state index >= 15 is 0 Å². The Bertz CT molecular complexity index is 642. The summed E-state index contributed by atoms with van der Waals surface area (Å²) in [6.45, 7) is 4.09. The number of likely N-dealkylation sites (tertiary alicyclic amines) is 1. The number of aromatic nitrogens is 4. The quantitative estimate of drug-likeness (QED) is 0.662. The molecule has 1 atom stereocenters. The molecule has 0 spiro atoms. The predicted octanol–water partition coefficient (Wildman–Crippen LogP) is 2.87. The number of unbranched alkanes of at least 4 members (excludes halogenated alkanes) is 3. The van der Waals surface area contributed by atoms with Gasteiger partial charge in [0, 0.05) is 12.1 Å². The molecule has 130 valence electrons. The molecule has 1 fully saturated rings. The molecular weight excluding hydrogens is 302 g/mol. The zero-order valence-corrected chi connectivity index (χ0v) is 14.7. The second kappa shape index (κ2) is 8.24. The third-order valence-electron chi connectivity index (χ3n) is 4.67. The van der Waals surface area contributed by atoms with E-state index in [1.807, 2.05) is 12.3 Å². The molecule has 0 saturated carbocycles. The lowest BCUT2D eigenvalue weighted by atomic mass is 10.1. The molecule has 2 aromatic heterocycles. The van der Waals surface area contributed by atoms with Gasteiger partial charge in [0.05, 0.1) is 30.0 Å². The van der Waals surface area contributed by atoms with Crippen molar-refractivity contribution >= 4 is 0 Å². The van der Waals surface area contributed by atoms with Crippen LogP contribution in [0.25, 0.3) is 5.69 Å². The molecule has 1 aliphatic rings. The summed E-state index contributed by atoms with van der Waals surface area (Å²) in [6.07, 6.45) is 12.7. The van der Waals surface area contributed by atoms with Crippen molar-refractivity contribution < 1.29 is 4.74 Å². The molecule has 6 nitrogen and oxygen atoms in total. The van der Waals surface area contributed by atoms with Gasteiger partial charge in [0.1, 0.15) is 12.4 Å². The molecule has 0 aliphatic carbocycles. The summed E-state index contributed by atoms with van der Waals surface area (Å²) >= 11 is 0. The van der Waals surface area contributed by atoms with E-state index < -0.39 is 0 Å². The van der Waals surface area contributed by atoms with Crippen LogP contribution in [0.4, 0.5) is 0 Å². The molecule has 2 aromatic rings. The molecule has 3 heterocycles. The van der Waals surface area contributed by atoms with Gasteiger partial charge in [0.25, 0.3) is 0 Å². The molecular formula is C18H27N5O. The number of hydrogen-bond donors (Lipinski definition) is 0. The molecule has 0 radical (unpaired) electrons. The lowest BCUT2D eigenvalue weighted by molar-refractivity contribution is 0.0767. The lowest BCUT2D eigenvalue weighted by Crippen LogP contribution is -2.48. The van der Waals surface area contributed by atoms with Gasteiger partial charge in [-0.2, -0.15) is 0 Å². The van der Waals surface area contributed by atoms with Crippen molar-refractivity contribution in [1.82, 2.24) is 24.9 Å². The van der Waals surface area contributed by atoms with E-state index in [0.717, 1.165) is 30.1 Å². The Hall–Kier alpha value is -1.95. The Morgan fingerprint density at radius 3 is 2.92 bits per heavy atom. The van der Waals surface area contributed by atoms with Gasteiger partial charge >= 0.3 is 0 Å². The van der Waals surface area contributed by atoms with Crippen molar-refractivity contribution in [1.29, 1.82) is 0 Å². The third kappa shape index (κ3) is 4.32. The first-order valence-electron chi connectivity index (χ1n) is 8.96. The highest BCUT2D eigenvalue weighted by molar-refractivity contribution is 5.34. The molecule has 1 saturated heterocycles. The molecule has 0 N–H and O–H groups in total. The van der Waals surface area contributed by atoms with Gasteiger partial charge < -0.3 is 4.74 Å². The van der Waals surface area contributed by atoms with E-state index in [1.165, 1.54) is 32.1 Å². The fourth-order valence-electron chi connectivity index (χ4n) is 2.86. The summed E-state index contributed by atoms with van der Waals surface area (Å²) in [6, 6.07) is 2.50. The van der Waals surface area contributed by atoms with E-state index in [4.69, 9.17) is 4.74 Å². The highest BCUT2D eigenvalue weighted by atomic mass is 16.5. The number of pyridine rings is 1. The summed E-state index contributed by atoms with van der Waals surface area (Å²) in [5.41, 5.74) is 1.93. The van der Waals surface area contributed by atoms with Crippen molar-refractivity contribution in [3.05, 3.63) is 30.4 Å². The molecule has 1 aliphatic heterocycles. The van der Waals surface area contributed by atoms with Crippen LogP contribution in [-0.2, 0) is 6.42 Å². The van der Waals surface area contributed by atoms with Crippen LogP contribution in [0.3, 0.4) is 0 Å². The van der Waals surface area contributed by atoms with Crippen LogP contribution in [0.5, 0.6) is 5.75 Å². The summed E-state index contributed by atoms with van der Waals surface area (Å²) in [4.78, 5) is 6.58. The number of ether oxygens (including phenoxy) is 1. The van der Waals surface area contributed by atoms with E-state index in [-0.39, 0.29) is 0 Å². The van der Waals surface area contributed by atoms with Gasteiger partial charge in [0.15, 0.2) is 0 Å². The first-order chi connectivity index (χ1) is 11.8. The maximum Gasteiger partial charge on any atom is 0.139 e. The average Bonchev–Trinajstić information content (AvgIpc) is 3.07. The monoisotopic (exact) mass is 329 g/mol. The predicted molar refractivity (Wildman–Crippen MR) is 93.5 cm³/mol. The van der Waals surface area contributed by atoms with E-state index in [1.54, 1.807) is 17.1 Å². The number of hydrogen-bond acceptors (Lipinski definition) is 5. The van der Waals surface area contributed by atoms with Crippen LogP contribution >= 0.6 is 0 Å². The first kappa shape index (κ1) is 16.9. The number of likely N-dealkylation sites (N-methyl/N-ethyl adjacent to an activating group) is 1. The van der Waals surface area contributed by atoms with Crippen molar-refractivity contribution in [2.24, 2.45) is 0 Å². The Morgan fingerprint density at radius 1 is 1.25 bits per heavy atom. The van der Waals surface area contributed by atoms with Crippen molar-refractivity contribution in [3.8, 4) is 11.4 Å². The zero-order valence-electron chi connectivity index (χ0n) is 14.7. The summed E-state index contributed by atoms with van der Waals surface area (Å²) < 4.78 is 7.66. The minimum Gasteiger partial charge on any atom is -0.490 e. The Labute approximate surface area is 143 Å². The number of rotatable bonds is 9. The van der Waals surface area contributed by atoms with Crippen molar-refractivity contribution in [2.75, 3.05) is 20.2 Å². The van der Waals surface area contributed by atoms with Crippen LogP contribution in [0, 0.1) is 0 Å². The van der Waals surface area contributed by atoms with Gasteiger partial charge in [-0.15, -0.1) is 5.10 Å². The normalized spacial score (nSPS) is 17.7. The maximum absolute atomic E-state index is 5.88. The molecule has 3 rings (SSSR count). The van der Waals surface area contributed by atoms with Crippen LogP contribution in [0.2, 0.25) is 0 Å². The number of nitrogens with zero attached hydrogens (tertiary/aromatic N) is 5. The molecule has 24 heavy (non-hydrogen) atoms. The van der Waals surface area contributed by atoms with Gasteiger partial charge in [-0.25, -0.2) is 4.68 Å². The highest BCUT2D eigenvalue weighted by Crippen LogP contribution is 2.19. The van der Waals surface area contributed by atoms with Gasteiger partial charge in [0.2, 0.25) is 0 Å². The average molecular weight is 329 g/mol. The lowest BCUT2D eigenvalue weighted by Gasteiger charge is -2.37. The Balaban J connectivity index is 1.56. The van der Waals surface area contributed by atoms with Crippen molar-refractivity contribution in [3.63, 3.8) is 0 Å². The first-order valence-corrected chi connectivity index (χ1v) is 8.96. The molecule has 0 unspecified atom stereocenters. The SMILES string of the molecule is CCCCCCc1cn(-c2cncc(OC[C@@H]3CCN3C)c2)nn1. The summed E-state index contributed by atoms with van der Waals surface area (Å²) in [5.74, 6) is 0.785. The topological polar surface area (TPSA) is 56.1 Å². The Morgan fingerprint density at radius 2 is 2.17 bits per heavy atom. The largest absolute Gasteiger partial charge is 0.490 e. The maximum atomic E-state index is 5.88. The Kier molecular flexibility index (Phi) is 5.80. The standard InChI is InChI=1S/C18H27N5O/c1-3-4-5-6-7-15-13-23(21-20-15)17-10-18(12-19-11-17)24-14-16-8-9-22(16)2/h10-13,16H,3-9,14H2,1-2H3/t16-/m0/s1. The fourth-order valence-corrected chi connectivity index (χ4v) is 2.86. The second-order valence-corrected chi connectivity index (χ2v) is 6.58. The van der Waals surface area contributed by atoms with Crippen LogP contribution in [-0.4, -0.2) is 51.1 Å². The van der Waals surface area contributed by atoms with E-state index in [0.29, 0.717) is 12.6 Å². The molecule has 0 aromatic carbocycles. The molecule has 6 heteroatoms. The van der Waals surface area contributed by atoms with Gasteiger partial charge in [-0.05, 0) is 32.9 Å². The molecule has 0 bridgehead atoms. The highest BCUT2D eigenvalue weighted by Gasteiger charge is 2.24. The van der Waals surface area contributed by atoms with Crippen LogP contribution < -0.4 is 4.74 Å². The smallest absolute Gasteiger partial charge is 0.139 e. The minimum absolute atomic E-state index is 0.523. The van der Waals surface area contributed by atoms with Crippen molar-refractivity contribution in [2.45, 2.75) is 51.5 Å². The second-order valence-electron chi connectivity index (χ2n) is 6.58. The summed E-state index contributed by atoms with van der Waals surface area (Å²) in [7, 11) is 2.13. The van der Waals surface area contributed by atoms with Crippen LogP contribution in [0.15, 0.2) is 24.7 Å². The molecule has 0 amide bonds. The van der Waals surface area contributed by atoms with Gasteiger partial charge in [-0.1, -0.05) is 31.4 Å². The minimum atomic E-state index is 0.523. The third-order valence-corrected chi connectivity index (χ3v) is 4.67. The summed E-state index contributed by atoms with van der Waals surface area (Å²) in [5, 5.41) is 8.49. The van der Waals surface area contributed by atoms with E-state index in [2.05, 4.69) is 34.2 Å². The zero-order chi connectivity index (χ0) is 16.8. The van der Waals surface area contributed by atoms with E-state index in [9.17, 15) is 0 Å².